The third-order valence-corrected chi connectivity index (χ3v) is 15.1. The van der Waals surface area contributed by atoms with E-state index in [1.165, 1.54) is 70.6 Å². The summed E-state index contributed by atoms with van der Waals surface area (Å²) in [5.74, 6) is 0. The monoisotopic (exact) mass is 446 g/mol. The molecule has 30 heavy (non-hydrogen) atoms. The zero-order valence-corrected chi connectivity index (χ0v) is 22.6. The number of hydrogen-bond donors (Lipinski definition) is 0. The largest absolute Gasteiger partial charge is 0.102 e. The zero-order valence-electron chi connectivity index (χ0n) is 20.8. The Morgan fingerprint density at radius 1 is 0.833 bits per heavy atom. The minimum absolute atomic E-state index is 0.00764. The molecule has 1 atom stereocenters. The van der Waals surface area contributed by atoms with E-state index in [9.17, 15) is 0 Å². The second-order valence-corrected chi connectivity index (χ2v) is 18.7. The van der Waals surface area contributed by atoms with E-state index < -0.39 is 0 Å². The first-order valence-electron chi connectivity index (χ1n) is 12.7. The van der Waals surface area contributed by atoms with Gasteiger partial charge in [-0.3, -0.25) is 0 Å². The van der Waals surface area contributed by atoms with Crippen molar-refractivity contribution in [1.29, 1.82) is 0 Å². The van der Waals surface area contributed by atoms with E-state index in [-0.39, 0.29) is 15.8 Å². The van der Waals surface area contributed by atoms with Crippen molar-refractivity contribution in [2.45, 2.75) is 139 Å². The van der Waals surface area contributed by atoms with Gasteiger partial charge in [0.1, 0.15) is 0 Å². The van der Waals surface area contributed by atoms with E-state index in [0.717, 1.165) is 11.3 Å². The molecular formula is C28H48P2. The Labute approximate surface area is 191 Å². The molecule has 0 amide bonds. The molecule has 2 saturated carbocycles. The maximum Gasteiger partial charge on any atom is 0.0231 e. The van der Waals surface area contributed by atoms with Gasteiger partial charge in [-0.1, -0.05) is 114 Å². The van der Waals surface area contributed by atoms with Gasteiger partial charge in [-0.2, -0.15) is 0 Å². The molecule has 0 radical (unpaired) electrons. The van der Waals surface area contributed by atoms with Crippen LogP contribution in [0.25, 0.3) is 0 Å². The molecule has 2 heteroatoms. The Bertz CT molecular complexity index is 599. The molecule has 0 aromatic carbocycles. The normalized spacial score (nSPS) is 23.6. The summed E-state index contributed by atoms with van der Waals surface area (Å²) in [6, 6.07) is 0. The fourth-order valence-electron chi connectivity index (χ4n) is 6.70. The quantitative estimate of drug-likeness (QED) is 0.281. The first kappa shape index (κ1) is 24.7. The summed E-state index contributed by atoms with van der Waals surface area (Å²) in [6.07, 6.45) is 23.6. The fourth-order valence-corrected chi connectivity index (χ4v) is 15.4. The predicted octanol–water partition coefficient (Wildman–Crippen LogP) is 9.98. The van der Waals surface area contributed by atoms with Crippen LogP contribution in [0, 0.1) is 0 Å². The summed E-state index contributed by atoms with van der Waals surface area (Å²) in [5, 5.41) is 2.58. The van der Waals surface area contributed by atoms with E-state index in [2.05, 4.69) is 66.3 Å². The van der Waals surface area contributed by atoms with E-state index in [4.69, 9.17) is 0 Å². The third-order valence-electron chi connectivity index (χ3n) is 7.46. The fraction of sp³-hybridized carbons (Fsp3) is 0.786. The standard InChI is InChI=1S/C28H48P2/c1-8-25(30(27(2,3)4)28(5,6)7)24-20-15-21-26(24)29(22-16-11-9-12-17-22)23-18-13-10-14-19-23/h8,15,20,22-23,25H,1,9-14,16-19,21H2,2-7H3. The average molecular weight is 447 g/mol. The molecule has 1 unspecified atom stereocenters. The van der Waals surface area contributed by atoms with Crippen molar-refractivity contribution in [2.24, 2.45) is 0 Å². The number of rotatable bonds is 6. The van der Waals surface area contributed by atoms with E-state index in [1.54, 1.807) is 5.57 Å². The van der Waals surface area contributed by atoms with Gasteiger partial charge < -0.3 is 0 Å². The predicted molar refractivity (Wildman–Crippen MR) is 142 cm³/mol. The van der Waals surface area contributed by atoms with Crippen molar-refractivity contribution in [1.82, 2.24) is 0 Å². The number of hydrogen-bond acceptors (Lipinski definition) is 0. The first-order valence-corrected chi connectivity index (χ1v) is 15.6. The van der Waals surface area contributed by atoms with Crippen LogP contribution in [0.4, 0.5) is 0 Å². The first-order chi connectivity index (χ1) is 14.1. The highest BCUT2D eigenvalue weighted by Crippen LogP contribution is 2.69. The van der Waals surface area contributed by atoms with Crippen LogP contribution in [0.3, 0.4) is 0 Å². The van der Waals surface area contributed by atoms with Crippen LogP contribution in [0.5, 0.6) is 0 Å². The van der Waals surface area contributed by atoms with E-state index >= 15 is 0 Å². The molecule has 2 fully saturated rings. The summed E-state index contributed by atoms with van der Waals surface area (Å²) in [5.41, 5.74) is 4.28. The van der Waals surface area contributed by atoms with Gasteiger partial charge in [-0.25, -0.2) is 0 Å². The van der Waals surface area contributed by atoms with Crippen molar-refractivity contribution in [3.05, 3.63) is 35.7 Å². The highest BCUT2D eigenvalue weighted by atomic mass is 31.1. The molecule has 3 aliphatic rings. The van der Waals surface area contributed by atoms with Crippen LogP contribution < -0.4 is 0 Å². The summed E-state index contributed by atoms with van der Waals surface area (Å²) < 4.78 is 0. The minimum atomic E-state index is -0.220. The molecule has 170 valence electrons. The lowest BCUT2D eigenvalue weighted by Crippen LogP contribution is -2.31. The molecule has 3 aliphatic carbocycles. The van der Waals surface area contributed by atoms with Crippen molar-refractivity contribution < 1.29 is 0 Å². The molecule has 0 aromatic rings. The van der Waals surface area contributed by atoms with Gasteiger partial charge in [0.15, 0.2) is 0 Å². The van der Waals surface area contributed by atoms with Crippen LogP contribution >= 0.6 is 15.8 Å². The van der Waals surface area contributed by atoms with Gasteiger partial charge >= 0.3 is 0 Å². The molecule has 0 spiro atoms. The van der Waals surface area contributed by atoms with Crippen LogP contribution in [0.15, 0.2) is 35.7 Å². The molecular weight excluding hydrogens is 398 g/mol. The molecule has 3 rings (SSSR count). The van der Waals surface area contributed by atoms with Crippen molar-refractivity contribution >= 4 is 15.8 Å². The van der Waals surface area contributed by atoms with Crippen molar-refractivity contribution in [3.63, 3.8) is 0 Å². The average Bonchev–Trinajstić information content (AvgIpc) is 3.15. The SMILES string of the molecule is C=CC(C1=C(P(C2CCCCC2)C2CCCCC2)CC=C1)P(C(C)(C)C)C(C)(C)C. The van der Waals surface area contributed by atoms with Gasteiger partial charge in [-0.05, 0) is 64.6 Å². The van der Waals surface area contributed by atoms with Crippen LogP contribution in [-0.4, -0.2) is 27.3 Å². The van der Waals surface area contributed by atoms with Crippen LogP contribution in [-0.2, 0) is 0 Å². The summed E-state index contributed by atoms with van der Waals surface area (Å²) in [7, 11) is -0.213. The van der Waals surface area contributed by atoms with Gasteiger partial charge in [-0.15, -0.1) is 6.58 Å². The van der Waals surface area contributed by atoms with E-state index in [1.807, 2.05) is 5.31 Å². The Morgan fingerprint density at radius 3 is 1.70 bits per heavy atom. The summed E-state index contributed by atoms with van der Waals surface area (Å²) >= 11 is 0. The lowest BCUT2D eigenvalue weighted by molar-refractivity contribution is 0.485. The molecule has 0 saturated heterocycles. The van der Waals surface area contributed by atoms with Crippen LogP contribution in [0.1, 0.15) is 112 Å². The van der Waals surface area contributed by atoms with Crippen molar-refractivity contribution in [2.75, 3.05) is 0 Å². The van der Waals surface area contributed by atoms with Gasteiger partial charge in [0.2, 0.25) is 0 Å². The van der Waals surface area contributed by atoms with Crippen molar-refractivity contribution in [3.8, 4) is 0 Å². The Morgan fingerprint density at radius 2 is 1.30 bits per heavy atom. The lowest BCUT2D eigenvalue weighted by Gasteiger charge is -2.47. The molecule has 0 heterocycles. The van der Waals surface area contributed by atoms with Gasteiger partial charge in [0, 0.05) is 5.66 Å². The minimum Gasteiger partial charge on any atom is -0.102 e. The van der Waals surface area contributed by atoms with Gasteiger partial charge in [0.25, 0.3) is 0 Å². The molecule has 0 nitrogen and oxygen atoms in total. The van der Waals surface area contributed by atoms with Crippen LogP contribution in [0.2, 0.25) is 0 Å². The van der Waals surface area contributed by atoms with Gasteiger partial charge in [0.05, 0.1) is 0 Å². The molecule has 0 bridgehead atoms. The maximum atomic E-state index is 4.43. The Hall–Kier alpha value is 0.0800. The van der Waals surface area contributed by atoms with E-state index in [0.29, 0.717) is 16.0 Å². The highest BCUT2D eigenvalue weighted by Gasteiger charge is 2.42. The summed E-state index contributed by atoms with van der Waals surface area (Å²) in [4.78, 5) is 0. The second-order valence-electron chi connectivity index (χ2n) is 11.9. The molecule has 0 aliphatic heterocycles. The topological polar surface area (TPSA) is 0 Å². The Kier molecular flexibility index (Phi) is 8.52. The zero-order chi connectivity index (χ0) is 21.9. The molecule has 0 N–H and O–H groups in total. The second kappa shape index (κ2) is 10.3. The maximum absolute atomic E-state index is 4.43. The molecule has 0 aromatic heterocycles. The Balaban J connectivity index is 2.03. The third kappa shape index (κ3) is 5.70. The highest BCUT2D eigenvalue weighted by molar-refractivity contribution is 7.64. The lowest BCUT2D eigenvalue weighted by atomic mass is 9.99. The summed E-state index contributed by atoms with van der Waals surface area (Å²) in [6.45, 7) is 19.3. The smallest absolute Gasteiger partial charge is 0.0231 e. The number of allylic oxidation sites excluding steroid dienone is 5.